The van der Waals surface area contributed by atoms with Crippen LogP contribution in [0.1, 0.15) is 20.7 Å². The van der Waals surface area contributed by atoms with E-state index in [2.05, 4.69) is 10.6 Å². The quantitative estimate of drug-likeness (QED) is 0.747. The summed E-state index contributed by atoms with van der Waals surface area (Å²) in [5.41, 5.74) is 0.888. The van der Waals surface area contributed by atoms with Gasteiger partial charge in [-0.25, -0.2) is 4.79 Å². The number of ether oxygens (including phenoxy) is 1. The number of nitrogens with one attached hydrogen (secondary N) is 2. The Bertz CT molecular complexity index is 747. The molecule has 0 saturated heterocycles. The van der Waals surface area contributed by atoms with E-state index >= 15 is 0 Å². The molecule has 1 amide bonds. The molecular weight excluding hydrogens is 316 g/mol. The van der Waals surface area contributed by atoms with Crippen molar-refractivity contribution in [2.45, 2.75) is 0 Å². The van der Waals surface area contributed by atoms with Crippen LogP contribution >= 0.6 is 12.2 Å². The maximum atomic E-state index is 12.0. The van der Waals surface area contributed by atoms with E-state index in [1.807, 2.05) is 0 Å². The number of hydrogen-bond donors (Lipinski definition) is 3. The number of thiocarbonyl (C=S) groups is 1. The van der Waals surface area contributed by atoms with E-state index in [0.29, 0.717) is 17.0 Å². The average molecular weight is 330 g/mol. The Morgan fingerprint density at radius 1 is 1.09 bits per heavy atom. The van der Waals surface area contributed by atoms with Crippen LogP contribution in [0.4, 0.5) is 5.69 Å². The lowest BCUT2D eigenvalue weighted by molar-refractivity contribution is 0.0696. The normalized spacial score (nSPS) is 9.78. The summed E-state index contributed by atoms with van der Waals surface area (Å²) < 4.78 is 5.14. The monoisotopic (exact) mass is 330 g/mol. The fraction of sp³-hybridized carbons (Fsp3) is 0.0625. The van der Waals surface area contributed by atoms with Crippen LogP contribution in [0.25, 0.3) is 0 Å². The summed E-state index contributed by atoms with van der Waals surface area (Å²) in [5.74, 6) is -1.03. The van der Waals surface area contributed by atoms with Gasteiger partial charge in [0.15, 0.2) is 5.11 Å². The van der Waals surface area contributed by atoms with Crippen LogP contribution in [0, 0.1) is 0 Å². The van der Waals surface area contributed by atoms with E-state index in [9.17, 15) is 9.59 Å². The van der Waals surface area contributed by atoms with Gasteiger partial charge < -0.3 is 15.2 Å². The first-order valence-corrected chi connectivity index (χ1v) is 7.01. The number of carboxylic acids is 1. The Hall–Kier alpha value is -2.93. The van der Waals surface area contributed by atoms with Gasteiger partial charge in [0.05, 0.1) is 18.4 Å². The second kappa shape index (κ2) is 7.37. The number of carbonyl (C=O) groups excluding carboxylic acids is 1. The van der Waals surface area contributed by atoms with Crippen LogP contribution in [0.2, 0.25) is 0 Å². The summed E-state index contributed by atoms with van der Waals surface area (Å²) in [7, 11) is 1.45. The fourth-order valence-electron chi connectivity index (χ4n) is 1.86. The highest BCUT2D eigenvalue weighted by atomic mass is 32.1. The molecule has 2 aromatic rings. The molecule has 7 heteroatoms. The fourth-order valence-corrected chi connectivity index (χ4v) is 2.06. The van der Waals surface area contributed by atoms with Crippen molar-refractivity contribution in [3.8, 4) is 5.75 Å². The number of anilines is 1. The Labute approximate surface area is 138 Å². The standard InChI is InChI=1S/C16H14N2O4S/c1-22-13-8-7-11(15(20)21)9-12(13)17-16(23)18-14(19)10-5-3-2-4-6-10/h2-9H,1H3,(H,20,21)(H2,17,18,19,23). The molecule has 0 fully saturated rings. The maximum absolute atomic E-state index is 12.0. The zero-order valence-electron chi connectivity index (χ0n) is 12.2. The molecule has 0 atom stereocenters. The molecule has 0 bridgehead atoms. The first-order chi connectivity index (χ1) is 11.0. The topological polar surface area (TPSA) is 87.7 Å². The van der Waals surface area contributed by atoms with Crippen LogP contribution in [0.15, 0.2) is 48.5 Å². The van der Waals surface area contributed by atoms with Crippen LogP contribution < -0.4 is 15.4 Å². The predicted molar refractivity (Wildman–Crippen MR) is 90.1 cm³/mol. The lowest BCUT2D eigenvalue weighted by atomic mass is 10.2. The molecule has 3 N–H and O–H groups in total. The van der Waals surface area contributed by atoms with Crippen molar-refractivity contribution in [3.63, 3.8) is 0 Å². The molecule has 118 valence electrons. The molecule has 2 aromatic carbocycles. The molecule has 0 unspecified atom stereocenters. The highest BCUT2D eigenvalue weighted by molar-refractivity contribution is 7.80. The predicted octanol–water partition coefficient (Wildman–Crippen LogP) is 2.52. The van der Waals surface area contributed by atoms with Gasteiger partial charge in [-0.2, -0.15) is 0 Å². The summed E-state index contributed by atoms with van der Waals surface area (Å²) in [6, 6.07) is 12.9. The number of amides is 1. The molecule has 0 aliphatic heterocycles. The van der Waals surface area contributed by atoms with Gasteiger partial charge in [0, 0.05) is 5.56 Å². The summed E-state index contributed by atoms with van der Waals surface area (Å²) in [5, 5.41) is 14.4. The largest absolute Gasteiger partial charge is 0.495 e. The van der Waals surface area contributed by atoms with Gasteiger partial charge in [-0.1, -0.05) is 18.2 Å². The zero-order chi connectivity index (χ0) is 16.8. The summed E-state index contributed by atoms with van der Waals surface area (Å²) in [4.78, 5) is 23.0. The minimum absolute atomic E-state index is 0.0414. The van der Waals surface area contributed by atoms with E-state index in [-0.39, 0.29) is 16.6 Å². The van der Waals surface area contributed by atoms with E-state index in [0.717, 1.165) is 0 Å². The minimum atomic E-state index is -1.07. The van der Waals surface area contributed by atoms with Crippen molar-refractivity contribution < 1.29 is 19.4 Å². The van der Waals surface area contributed by atoms with Gasteiger partial charge in [0.1, 0.15) is 5.75 Å². The Balaban J connectivity index is 2.12. The Kier molecular flexibility index (Phi) is 5.27. The molecule has 0 saturated carbocycles. The Morgan fingerprint density at radius 3 is 2.39 bits per heavy atom. The molecule has 6 nitrogen and oxygen atoms in total. The Morgan fingerprint density at radius 2 is 1.78 bits per heavy atom. The number of benzene rings is 2. The van der Waals surface area contributed by atoms with Crippen LogP contribution in [0.5, 0.6) is 5.75 Å². The molecule has 0 aliphatic carbocycles. The van der Waals surface area contributed by atoms with Gasteiger partial charge in [0.2, 0.25) is 0 Å². The molecular formula is C16H14N2O4S. The van der Waals surface area contributed by atoms with Gasteiger partial charge in [-0.05, 0) is 42.5 Å². The summed E-state index contributed by atoms with van der Waals surface area (Å²) >= 11 is 5.08. The van der Waals surface area contributed by atoms with E-state index in [1.54, 1.807) is 30.3 Å². The molecule has 23 heavy (non-hydrogen) atoms. The number of aromatic carboxylic acids is 1. The third kappa shape index (κ3) is 4.27. The molecule has 0 radical (unpaired) electrons. The SMILES string of the molecule is COc1ccc(C(=O)O)cc1NC(=S)NC(=O)c1ccccc1. The third-order valence-corrected chi connectivity index (χ3v) is 3.16. The molecule has 0 aliphatic rings. The smallest absolute Gasteiger partial charge is 0.335 e. The van der Waals surface area contributed by atoms with Crippen molar-refractivity contribution >= 4 is 34.9 Å². The number of hydrogen-bond acceptors (Lipinski definition) is 4. The zero-order valence-corrected chi connectivity index (χ0v) is 13.0. The van der Waals surface area contributed by atoms with E-state index in [1.165, 1.54) is 25.3 Å². The average Bonchev–Trinajstić information content (AvgIpc) is 2.55. The van der Waals surface area contributed by atoms with E-state index < -0.39 is 5.97 Å². The minimum Gasteiger partial charge on any atom is -0.495 e. The molecule has 0 spiro atoms. The van der Waals surface area contributed by atoms with Crippen molar-refractivity contribution in [1.82, 2.24) is 5.32 Å². The third-order valence-electron chi connectivity index (χ3n) is 2.96. The van der Waals surface area contributed by atoms with Crippen molar-refractivity contribution in [3.05, 3.63) is 59.7 Å². The van der Waals surface area contributed by atoms with Crippen LogP contribution in [-0.2, 0) is 0 Å². The molecule has 2 rings (SSSR count). The van der Waals surface area contributed by atoms with Gasteiger partial charge in [0.25, 0.3) is 5.91 Å². The summed E-state index contributed by atoms with van der Waals surface area (Å²) in [6.45, 7) is 0. The number of rotatable bonds is 4. The maximum Gasteiger partial charge on any atom is 0.335 e. The lowest BCUT2D eigenvalue weighted by Gasteiger charge is -2.13. The van der Waals surface area contributed by atoms with Crippen molar-refractivity contribution in [1.29, 1.82) is 0 Å². The highest BCUT2D eigenvalue weighted by Gasteiger charge is 2.12. The highest BCUT2D eigenvalue weighted by Crippen LogP contribution is 2.25. The number of carboxylic acid groups (broad SMARTS) is 1. The van der Waals surface area contributed by atoms with Gasteiger partial charge in [-0.15, -0.1) is 0 Å². The second-order valence-corrected chi connectivity index (χ2v) is 4.90. The van der Waals surface area contributed by atoms with Gasteiger partial charge >= 0.3 is 5.97 Å². The first-order valence-electron chi connectivity index (χ1n) is 6.60. The van der Waals surface area contributed by atoms with Crippen LogP contribution in [0.3, 0.4) is 0 Å². The van der Waals surface area contributed by atoms with Crippen molar-refractivity contribution in [2.24, 2.45) is 0 Å². The van der Waals surface area contributed by atoms with Crippen LogP contribution in [-0.4, -0.2) is 29.2 Å². The summed E-state index contributed by atoms with van der Waals surface area (Å²) in [6.07, 6.45) is 0. The van der Waals surface area contributed by atoms with Gasteiger partial charge in [-0.3, -0.25) is 10.1 Å². The number of methoxy groups -OCH3 is 1. The molecule has 0 aromatic heterocycles. The second-order valence-electron chi connectivity index (χ2n) is 4.49. The lowest BCUT2D eigenvalue weighted by Crippen LogP contribution is -2.34. The molecule has 0 heterocycles. The van der Waals surface area contributed by atoms with E-state index in [4.69, 9.17) is 22.1 Å². The first kappa shape index (κ1) is 16.4. The van der Waals surface area contributed by atoms with Crippen molar-refractivity contribution in [2.75, 3.05) is 12.4 Å². The number of carbonyl (C=O) groups is 2.